The number of nitrogens with one attached hydrogen (secondary N) is 1. The number of thiol groups is 1. The fraction of sp³-hybridized carbons (Fsp3) is 0.353. The van der Waals surface area contributed by atoms with Crippen molar-refractivity contribution in [2.24, 2.45) is 0 Å². The van der Waals surface area contributed by atoms with Crippen molar-refractivity contribution in [1.82, 2.24) is 9.88 Å². The molecule has 152 valence electrons. The molecule has 0 aliphatic carbocycles. The molecular weight excluding hydrogens is 406 g/mol. The van der Waals surface area contributed by atoms with Crippen LogP contribution < -0.4 is 5.48 Å². The average Bonchev–Trinajstić information content (AvgIpc) is 3.16. The fourth-order valence-corrected chi connectivity index (χ4v) is 3.97. The van der Waals surface area contributed by atoms with Crippen LogP contribution in [-0.4, -0.2) is 37.4 Å². The van der Waals surface area contributed by atoms with Gasteiger partial charge >= 0.3 is 6.09 Å². The minimum Gasteiger partial charge on any atom is -0.452 e. The van der Waals surface area contributed by atoms with Crippen molar-refractivity contribution in [3.05, 3.63) is 45.9 Å². The molecule has 1 aromatic carbocycles. The predicted molar refractivity (Wildman–Crippen MR) is 104 cm³/mol. The summed E-state index contributed by atoms with van der Waals surface area (Å²) in [5.41, 5.74) is 2.86. The van der Waals surface area contributed by atoms with Gasteiger partial charge in [0.2, 0.25) is 5.91 Å². The molecule has 1 heterocycles. The van der Waals surface area contributed by atoms with E-state index >= 15 is 0 Å². The minimum atomic E-state index is -3.05. The van der Waals surface area contributed by atoms with Crippen molar-refractivity contribution in [3.8, 4) is 0 Å². The van der Waals surface area contributed by atoms with E-state index in [-0.39, 0.29) is 0 Å². The quantitative estimate of drug-likeness (QED) is 0.511. The summed E-state index contributed by atoms with van der Waals surface area (Å²) >= 11 is 1.33. The lowest BCUT2D eigenvalue weighted by atomic mass is 9.90. The number of hydrogen-bond donors (Lipinski definition) is 2. The van der Waals surface area contributed by atoms with Gasteiger partial charge in [-0.2, -0.15) is 4.28 Å². The molecule has 2 rings (SSSR count). The van der Waals surface area contributed by atoms with Crippen LogP contribution in [0.4, 0.5) is 10.5 Å². The third-order valence-electron chi connectivity index (χ3n) is 4.13. The molecule has 0 spiro atoms. The van der Waals surface area contributed by atoms with E-state index in [0.717, 1.165) is 10.6 Å². The summed E-state index contributed by atoms with van der Waals surface area (Å²) < 4.78 is 30.3. The van der Waals surface area contributed by atoms with Gasteiger partial charge in [0.05, 0.1) is 18.5 Å². The number of benzene rings is 1. The van der Waals surface area contributed by atoms with Gasteiger partial charge in [-0.1, -0.05) is 19.1 Å². The van der Waals surface area contributed by atoms with Crippen molar-refractivity contribution in [2.75, 3.05) is 12.6 Å². The molecule has 0 radical (unpaired) electrons. The molecule has 0 aliphatic heterocycles. The Hall–Kier alpha value is -2.50. The molecule has 0 aliphatic rings. The number of nitrogens with zero attached hydrogens (tertiary/aromatic N) is 2. The van der Waals surface area contributed by atoms with Crippen LogP contribution >= 0.6 is 11.3 Å². The van der Waals surface area contributed by atoms with Crippen molar-refractivity contribution >= 4 is 40.0 Å². The number of methoxy groups -OCH3 is 1. The van der Waals surface area contributed by atoms with Crippen molar-refractivity contribution in [3.63, 3.8) is 0 Å². The number of carbonyl (C=O) groups excluding carboxylic acids is 2. The molecule has 28 heavy (non-hydrogen) atoms. The van der Waals surface area contributed by atoms with Gasteiger partial charge in [-0.25, -0.2) is 28.6 Å². The molecule has 11 heteroatoms. The Morgan fingerprint density at radius 3 is 2.39 bits per heavy atom. The number of anilines is 1. The lowest BCUT2D eigenvalue weighted by Crippen LogP contribution is -2.50. The summed E-state index contributed by atoms with van der Waals surface area (Å²) in [5.74, 6) is -0.503. The first-order valence-electron chi connectivity index (χ1n) is 8.25. The highest BCUT2D eigenvalue weighted by atomic mass is 32.2. The summed E-state index contributed by atoms with van der Waals surface area (Å²) in [6.07, 6.45) is -0.101. The maximum Gasteiger partial charge on any atom is 0.417 e. The zero-order valence-corrected chi connectivity index (χ0v) is 17.5. The summed E-state index contributed by atoms with van der Waals surface area (Å²) in [6.45, 7) is 4.94. The van der Waals surface area contributed by atoms with Crippen LogP contribution in [0.3, 0.4) is 0 Å². The Kier molecular flexibility index (Phi) is 7.11. The highest BCUT2D eigenvalue weighted by Gasteiger charge is 2.44. The Labute approximate surface area is 168 Å². The fourth-order valence-electron chi connectivity index (χ4n) is 2.71. The number of hydrogen-bond acceptors (Lipinski definition) is 9. The first-order chi connectivity index (χ1) is 13.2. The van der Waals surface area contributed by atoms with E-state index in [9.17, 15) is 18.0 Å². The van der Waals surface area contributed by atoms with E-state index in [1.54, 1.807) is 31.2 Å². The summed E-state index contributed by atoms with van der Waals surface area (Å²) in [5, 5.41) is 2.42. The number of aryl methyl sites for hydroxylation is 1. The molecule has 1 N–H and O–H groups in total. The van der Waals surface area contributed by atoms with Crippen molar-refractivity contribution in [2.45, 2.75) is 32.7 Å². The van der Waals surface area contributed by atoms with Crippen LogP contribution in [0.25, 0.3) is 0 Å². The standard InChI is InChI=1S/C17H21N3O6S2/c1-5-13-10-27-15(18-13)17(3,20(11(2)21)16(22)25-4)12-6-8-14(9-7-12)19-26-28(23)24/h6-10,19,28H,5H2,1-4H3/t17-/m0/s1. The Morgan fingerprint density at radius 1 is 1.29 bits per heavy atom. The second kappa shape index (κ2) is 9.13. The topological polar surface area (TPSA) is 115 Å². The first kappa shape index (κ1) is 21.8. The van der Waals surface area contributed by atoms with E-state index in [0.29, 0.717) is 22.7 Å². The normalized spacial score (nSPS) is 13.0. The Bertz CT molecular complexity index is 917. The van der Waals surface area contributed by atoms with Gasteiger partial charge in [-0.05, 0) is 31.0 Å². The number of ether oxygens (including phenoxy) is 1. The van der Waals surface area contributed by atoms with Gasteiger partial charge in [0.1, 0.15) is 10.5 Å². The van der Waals surface area contributed by atoms with Gasteiger partial charge < -0.3 is 4.74 Å². The van der Waals surface area contributed by atoms with E-state index in [1.165, 1.54) is 25.4 Å². The van der Waals surface area contributed by atoms with Gasteiger partial charge in [-0.3, -0.25) is 4.79 Å². The number of thiazole rings is 1. The van der Waals surface area contributed by atoms with Crippen molar-refractivity contribution in [1.29, 1.82) is 0 Å². The summed E-state index contributed by atoms with van der Waals surface area (Å²) in [6, 6.07) is 6.43. The van der Waals surface area contributed by atoms with Crippen LogP contribution in [0.5, 0.6) is 0 Å². The zero-order chi connectivity index (χ0) is 20.9. The number of imide groups is 1. The van der Waals surface area contributed by atoms with E-state index < -0.39 is 28.5 Å². The third-order valence-corrected chi connectivity index (χ3v) is 5.48. The average molecular weight is 428 g/mol. The molecule has 2 aromatic rings. The number of carbonyl (C=O) groups is 2. The number of amides is 2. The summed E-state index contributed by atoms with van der Waals surface area (Å²) in [4.78, 5) is 30.4. The Morgan fingerprint density at radius 2 is 1.93 bits per heavy atom. The lowest BCUT2D eigenvalue weighted by molar-refractivity contribution is -0.131. The maximum absolute atomic E-state index is 12.4. The van der Waals surface area contributed by atoms with E-state index in [2.05, 4.69) is 14.7 Å². The predicted octanol–water partition coefficient (Wildman–Crippen LogP) is 2.45. The molecule has 0 fully saturated rings. The maximum atomic E-state index is 12.4. The monoisotopic (exact) mass is 427 g/mol. The first-order valence-corrected chi connectivity index (χ1v) is 10.2. The zero-order valence-electron chi connectivity index (χ0n) is 15.8. The van der Waals surface area contributed by atoms with Gasteiger partial charge in [0.15, 0.2) is 0 Å². The highest BCUT2D eigenvalue weighted by molar-refractivity contribution is 7.67. The van der Waals surface area contributed by atoms with Crippen LogP contribution in [-0.2, 0) is 36.8 Å². The summed E-state index contributed by atoms with van der Waals surface area (Å²) in [7, 11) is -1.85. The van der Waals surface area contributed by atoms with E-state index in [1.807, 2.05) is 12.3 Å². The van der Waals surface area contributed by atoms with Gasteiger partial charge in [-0.15, -0.1) is 11.3 Å². The van der Waals surface area contributed by atoms with E-state index in [4.69, 9.17) is 4.74 Å². The molecule has 1 aromatic heterocycles. The largest absolute Gasteiger partial charge is 0.452 e. The van der Waals surface area contributed by atoms with Crippen LogP contribution in [0.2, 0.25) is 0 Å². The van der Waals surface area contributed by atoms with Crippen LogP contribution in [0.1, 0.15) is 37.0 Å². The third kappa shape index (κ3) is 4.49. The molecule has 9 nitrogen and oxygen atoms in total. The SMILES string of the molecule is CCc1csc([C@](C)(c2ccc(NO[SH](=O)=O)cc2)N(C(C)=O)C(=O)OC)n1. The minimum absolute atomic E-state index is 0.381. The smallest absolute Gasteiger partial charge is 0.417 e. The molecule has 1 atom stereocenters. The molecular formula is C17H21N3O6S2. The second-order valence-corrected chi connectivity index (χ2v) is 7.38. The molecule has 0 saturated heterocycles. The molecule has 0 unspecified atom stereocenters. The highest BCUT2D eigenvalue weighted by Crippen LogP contribution is 2.38. The molecule has 0 saturated carbocycles. The van der Waals surface area contributed by atoms with Gasteiger partial charge in [0, 0.05) is 12.3 Å². The van der Waals surface area contributed by atoms with Crippen LogP contribution in [0, 0.1) is 0 Å². The van der Waals surface area contributed by atoms with Gasteiger partial charge in [0.25, 0.3) is 11.0 Å². The van der Waals surface area contributed by atoms with Crippen molar-refractivity contribution < 1.29 is 27.0 Å². The second-order valence-electron chi connectivity index (χ2n) is 5.89. The number of rotatable bonds is 7. The number of aromatic nitrogens is 1. The van der Waals surface area contributed by atoms with Crippen LogP contribution in [0.15, 0.2) is 29.6 Å². The molecule has 0 bridgehead atoms. The molecule has 2 amide bonds. The lowest BCUT2D eigenvalue weighted by Gasteiger charge is -2.37. The Balaban J connectivity index is 2.57.